The predicted octanol–water partition coefficient (Wildman–Crippen LogP) is 2.20. The van der Waals surface area contributed by atoms with E-state index in [4.69, 9.17) is 11.6 Å². The molecule has 1 N–H and O–H groups in total. The van der Waals surface area contributed by atoms with E-state index in [0.29, 0.717) is 17.6 Å². The number of aromatic nitrogens is 3. The second kappa shape index (κ2) is 2.85. The van der Waals surface area contributed by atoms with Crippen molar-refractivity contribution in [1.29, 1.82) is 0 Å². The number of aldehydes is 1. The fourth-order valence-corrected chi connectivity index (χ4v) is 1.72. The van der Waals surface area contributed by atoms with Gasteiger partial charge < -0.3 is 0 Å². The molecule has 0 aromatic carbocycles. The number of H-pyrrole nitrogens is 1. The Hall–Kier alpha value is -0.810. The Kier molecular flexibility index (Phi) is 1.92. The number of aromatic amines is 1. The van der Waals surface area contributed by atoms with Crippen LogP contribution in [0.4, 0.5) is 0 Å². The number of carbonyl (C=O) groups excluding carboxylic acids is 1. The van der Waals surface area contributed by atoms with Gasteiger partial charge in [0.05, 0.1) is 4.47 Å². The molecule has 13 heavy (non-hydrogen) atoms. The smallest absolute Gasteiger partial charge is 0.171 e. The highest BCUT2D eigenvalue weighted by Gasteiger charge is 2.15. The van der Waals surface area contributed by atoms with E-state index >= 15 is 0 Å². The molecular formula is C7H5BrClN3O. The molecule has 0 bridgehead atoms. The highest BCUT2D eigenvalue weighted by molar-refractivity contribution is 9.10. The second-order valence-corrected chi connectivity index (χ2v) is 3.77. The number of hydrogen-bond acceptors (Lipinski definition) is 2. The maximum atomic E-state index is 10.6. The van der Waals surface area contributed by atoms with Gasteiger partial charge in [-0.25, -0.2) is 9.50 Å². The first-order valence-corrected chi connectivity index (χ1v) is 4.69. The summed E-state index contributed by atoms with van der Waals surface area (Å²) in [5.41, 5.74) is 1.87. The first kappa shape index (κ1) is 8.77. The van der Waals surface area contributed by atoms with Crippen molar-refractivity contribution in [2.45, 2.75) is 6.92 Å². The number of rotatable bonds is 1. The molecule has 0 unspecified atom stereocenters. The normalized spacial score (nSPS) is 11.0. The number of fused-ring (bicyclic) bond motifs is 1. The van der Waals surface area contributed by atoms with Gasteiger partial charge in [-0.2, -0.15) is 0 Å². The van der Waals surface area contributed by atoms with Crippen LogP contribution >= 0.6 is 27.5 Å². The van der Waals surface area contributed by atoms with Crippen molar-refractivity contribution in [2.75, 3.05) is 0 Å². The van der Waals surface area contributed by atoms with Gasteiger partial charge in [0.15, 0.2) is 17.1 Å². The molecule has 0 amide bonds. The molecule has 0 spiro atoms. The summed E-state index contributed by atoms with van der Waals surface area (Å²) in [4.78, 5) is 14.7. The maximum absolute atomic E-state index is 10.6. The summed E-state index contributed by atoms with van der Waals surface area (Å²) in [6.07, 6.45) is 0.671. The summed E-state index contributed by atoms with van der Waals surface area (Å²) in [5, 5.41) is 3.17. The summed E-state index contributed by atoms with van der Waals surface area (Å²) < 4.78 is 2.37. The summed E-state index contributed by atoms with van der Waals surface area (Å²) >= 11 is 9.07. The Morgan fingerprint density at radius 2 is 2.38 bits per heavy atom. The fraction of sp³-hybridized carbons (Fsp3) is 0.143. The van der Waals surface area contributed by atoms with Crippen molar-refractivity contribution in [1.82, 2.24) is 14.6 Å². The van der Waals surface area contributed by atoms with Crippen molar-refractivity contribution >= 4 is 39.5 Å². The molecule has 0 aliphatic rings. The van der Waals surface area contributed by atoms with Crippen LogP contribution in [0.3, 0.4) is 0 Å². The van der Waals surface area contributed by atoms with Crippen LogP contribution in [0.15, 0.2) is 4.47 Å². The molecule has 2 aromatic heterocycles. The number of aryl methyl sites for hydroxylation is 1. The Balaban J connectivity index is 2.91. The highest BCUT2D eigenvalue weighted by atomic mass is 79.9. The van der Waals surface area contributed by atoms with Crippen molar-refractivity contribution < 1.29 is 4.79 Å². The number of carbonyl (C=O) groups is 1. The zero-order valence-corrected chi connectivity index (χ0v) is 8.98. The summed E-state index contributed by atoms with van der Waals surface area (Å²) in [6.45, 7) is 1.88. The minimum absolute atomic E-state index is 0.210. The standard InChI is InChI=1S/C7H5BrClN3O/c1-3-5(8)7-10-6(9)4(2-13)12(7)11-3/h2,11H,1H3. The van der Waals surface area contributed by atoms with Crippen LogP contribution in [-0.2, 0) is 0 Å². The first-order valence-electron chi connectivity index (χ1n) is 3.52. The lowest BCUT2D eigenvalue weighted by Gasteiger charge is -1.87. The molecule has 2 aromatic rings. The van der Waals surface area contributed by atoms with Gasteiger partial charge in [-0.1, -0.05) is 11.6 Å². The molecule has 0 aliphatic carbocycles. The van der Waals surface area contributed by atoms with Crippen LogP contribution in [-0.4, -0.2) is 20.9 Å². The minimum atomic E-state index is 0.210. The third-order valence-corrected chi connectivity index (χ3v) is 3.01. The van der Waals surface area contributed by atoms with Crippen LogP contribution in [0.5, 0.6) is 0 Å². The quantitative estimate of drug-likeness (QED) is 0.801. The highest BCUT2D eigenvalue weighted by Crippen LogP contribution is 2.25. The monoisotopic (exact) mass is 261 g/mol. The van der Waals surface area contributed by atoms with E-state index in [1.165, 1.54) is 0 Å². The topological polar surface area (TPSA) is 50.2 Å². The molecule has 0 saturated heterocycles. The summed E-state index contributed by atoms with van der Waals surface area (Å²) in [5.74, 6) is 0. The fourth-order valence-electron chi connectivity index (χ4n) is 1.15. The van der Waals surface area contributed by atoms with Crippen LogP contribution in [0.1, 0.15) is 16.2 Å². The lowest BCUT2D eigenvalue weighted by molar-refractivity contribution is 0.111. The SMILES string of the molecule is Cc1[nH]n2c(C=O)c(Cl)nc2c1Br. The van der Waals surface area contributed by atoms with Crippen LogP contribution in [0.2, 0.25) is 5.15 Å². The zero-order valence-electron chi connectivity index (χ0n) is 6.64. The third-order valence-electron chi connectivity index (χ3n) is 1.78. The van der Waals surface area contributed by atoms with Gasteiger partial charge in [-0.15, -0.1) is 0 Å². The molecule has 0 atom stereocenters. The minimum Gasteiger partial charge on any atom is -0.296 e. The zero-order chi connectivity index (χ0) is 9.59. The number of nitrogens with zero attached hydrogens (tertiary/aromatic N) is 2. The number of nitrogens with one attached hydrogen (secondary N) is 1. The lowest BCUT2D eigenvalue weighted by atomic mass is 10.5. The number of halogens is 2. The van der Waals surface area contributed by atoms with Crippen molar-refractivity contribution in [3.05, 3.63) is 21.0 Å². The van der Waals surface area contributed by atoms with Gasteiger partial charge in [0, 0.05) is 5.69 Å². The van der Waals surface area contributed by atoms with E-state index in [2.05, 4.69) is 26.0 Å². The van der Waals surface area contributed by atoms with E-state index in [0.717, 1.165) is 10.2 Å². The van der Waals surface area contributed by atoms with E-state index in [1.807, 2.05) is 6.92 Å². The van der Waals surface area contributed by atoms with Gasteiger partial charge >= 0.3 is 0 Å². The molecule has 0 aliphatic heterocycles. The Morgan fingerprint density at radius 3 is 3.00 bits per heavy atom. The summed E-state index contributed by atoms with van der Waals surface area (Å²) in [7, 11) is 0. The van der Waals surface area contributed by atoms with E-state index in [1.54, 1.807) is 4.52 Å². The average molecular weight is 262 g/mol. The molecule has 4 nitrogen and oxygen atoms in total. The first-order chi connectivity index (χ1) is 6.15. The van der Waals surface area contributed by atoms with E-state index in [-0.39, 0.29) is 5.15 Å². The molecule has 0 radical (unpaired) electrons. The van der Waals surface area contributed by atoms with Gasteiger partial charge in [-0.05, 0) is 22.9 Å². The average Bonchev–Trinajstić information content (AvgIpc) is 2.52. The largest absolute Gasteiger partial charge is 0.296 e. The van der Waals surface area contributed by atoms with Gasteiger partial charge in [0.25, 0.3) is 0 Å². The lowest BCUT2D eigenvalue weighted by Crippen LogP contribution is -1.91. The Bertz CT molecular complexity index is 487. The van der Waals surface area contributed by atoms with Crippen LogP contribution in [0, 0.1) is 6.92 Å². The molecular weight excluding hydrogens is 257 g/mol. The van der Waals surface area contributed by atoms with Crippen LogP contribution < -0.4 is 0 Å². The van der Waals surface area contributed by atoms with Gasteiger partial charge in [-0.3, -0.25) is 9.89 Å². The Labute approximate surface area is 87.0 Å². The van der Waals surface area contributed by atoms with E-state index in [9.17, 15) is 4.79 Å². The third kappa shape index (κ3) is 1.11. The van der Waals surface area contributed by atoms with Crippen LogP contribution in [0.25, 0.3) is 5.65 Å². The maximum Gasteiger partial charge on any atom is 0.171 e. The van der Waals surface area contributed by atoms with Crippen molar-refractivity contribution in [2.24, 2.45) is 0 Å². The Morgan fingerprint density at radius 1 is 1.69 bits per heavy atom. The molecule has 6 heteroatoms. The van der Waals surface area contributed by atoms with E-state index < -0.39 is 0 Å². The number of imidazole rings is 1. The molecule has 2 rings (SSSR count). The second-order valence-electron chi connectivity index (χ2n) is 2.62. The number of hydrogen-bond donors (Lipinski definition) is 1. The van der Waals surface area contributed by atoms with Crippen molar-refractivity contribution in [3.8, 4) is 0 Å². The van der Waals surface area contributed by atoms with Crippen molar-refractivity contribution in [3.63, 3.8) is 0 Å². The molecule has 2 heterocycles. The molecule has 0 fully saturated rings. The molecule has 68 valence electrons. The molecule has 0 saturated carbocycles. The summed E-state index contributed by atoms with van der Waals surface area (Å²) in [6, 6.07) is 0. The van der Waals surface area contributed by atoms with Gasteiger partial charge in [0.1, 0.15) is 5.69 Å². The van der Waals surface area contributed by atoms with Gasteiger partial charge in [0.2, 0.25) is 0 Å². The predicted molar refractivity (Wildman–Crippen MR) is 52.4 cm³/mol.